The lowest BCUT2D eigenvalue weighted by Gasteiger charge is -2.39. The first-order valence-electron chi connectivity index (χ1n) is 11.6. The summed E-state index contributed by atoms with van der Waals surface area (Å²) in [7, 11) is -3.61. The normalized spacial score (nSPS) is 15.8. The fourth-order valence-corrected chi connectivity index (χ4v) is 5.55. The average molecular weight is 500 g/mol. The SMILES string of the molecule is CCC[C@@H](c1nnnn1CS(=O)(=O)c1ccc(C)cc1)N1CCN(c2ccc([N+](=O)[O-])cc2)CC1. The van der Waals surface area contributed by atoms with Gasteiger partial charge in [0.2, 0.25) is 0 Å². The van der Waals surface area contributed by atoms with E-state index in [0.29, 0.717) is 5.82 Å². The molecule has 0 saturated carbocycles. The lowest BCUT2D eigenvalue weighted by atomic mass is 10.1. The van der Waals surface area contributed by atoms with Crippen LogP contribution >= 0.6 is 0 Å². The highest BCUT2D eigenvalue weighted by molar-refractivity contribution is 7.90. The van der Waals surface area contributed by atoms with Gasteiger partial charge in [-0.25, -0.2) is 13.1 Å². The zero-order valence-electron chi connectivity index (χ0n) is 19.8. The van der Waals surface area contributed by atoms with Crippen LogP contribution in [0.2, 0.25) is 0 Å². The molecule has 1 atom stereocenters. The van der Waals surface area contributed by atoms with Gasteiger partial charge in [0.25, 0.3) is 5.69 Å². The number of anilines is 1. The third-order valence-electron chi connectivity index (χ3n) is 6.27. The van der Waals surface area contributed by atoms with Gasteiger partial charge >= 0.3 is 0 Å². The highest BCUT2D eigenvalue weighted by Crippen LogP contribution is 2.28. The average Bonchev–Trinajstić information content (AvgIpc) is 3.30. The van der Waals surface area contributed by atoms with E-state index >= 15 is 0 Å². The molecule has 0 amide bonds. The van der Waals surface area contributed by atoms with E-state index in [9.17, 15) is 18.5 Å². The minimum Gasteiger partial charge on any atom is -0.369 e. The molecule has 186 valence electrons. The van der Waals surface area contributed by atoms with Crippen LogP contribution in [0.15, 0.2) is 53.4 Å². The van der Waals surface area contributed by atoms with E-state index in [-0.39, 0.29) is 22.5 Å². The molecule has 0 bridgehead atoms. The van der Waals surface area contributed by atoms with Gasteiger partial charge in [0.05, 0.1) is 15.9 Å². The van der Waals surface area contributed by atoms with Gasteiger partial charge in [-0.15, -0.1) is 5.10 Å². The van der Waals surface area contributed by atoms with Crippen molar-refractivity contribution in [3.8, 4) is 0 Å². The number of hydrogen-bond acceptors (Lipinski definition) is 9. The Morgan fingerprint density at radius 3 is 2.29 bits per heavy atom. The van der Waals surface area contributed by atoms with Crippen molar-refractivity contribution in [2.75, 3.05) is 31.1 Å². The zero-order chi connectivity index (χ0) is 25.0. The highest BCUT2D eigenvalue weighted by atomic mass is 32.2. The Bertz CT molecular complexity index is 1250. The van der Waals surface area contributed by atoms with Crippen LogP contribution in [0.4, 0.5) is 11.4 Å². The standard InChI is InChI=1S/C23H29N7O4S/c1-3-4-22(28-15-13-27(14-16-28)19-7-9-20(10-8-19)30(31)32)23-24-25-26-29(23)17-35(33,34)21-11-5-18(2)6-12-21/h5-12,22H,3-4,13-17H2,1-2H3/t22-/m0/s1. The van der Waals surface area contributed by atoms with Gasteiger partial charge in [0, 0.05) is 44.0 Å². The van der Waals surface area contributed by atoms with E-state index in [1.807, 2.05) is 6.92 Å². The molecule has 3 aromatic rings. The lowest BCUT2D eigenvalue weighted by molar-refractivity contribution is -0.384. The molecule has 12 heteroatoms. The van der Waals surface area contributed by atoms with Gasteiger partial charge in [0.1, 0.15) is 0 Å². The number of aryl methyl sites for hydroxylation is 1. The molecular weight excluding hydrogens is 470 g/mol. The van der Waals surface area contributed by atoms with Crippen molar-refractivity contribution < 1.29 is 13.3 Å². The third-order valence-corrected chi connectivity index (χ3v) is 7.85. The maximum atomic E-state index is 13.0. The van der Waals surface area contributed by atoms with E-state index in [0.717, 1.165) is 50.3 Å². The molecule has 0 unspecified atom stereocenters. The monoisotopic (exact) mass is 499 g/mol. The molecular formula is C23H29N7O4S. The Hall–Kier alpha value is -3.38. The first kappa shape index (κ1) is 24.7. The van der Waals surface area contributed by atoms with E-state index in [1.54, 1.807) is 36.4 Å². The summed E-state index contributed by atoms with van der Waals surface area (Å²) >= 11 is 0. The number of piperazine rings is 1. The Labute approximate surface area is 204 Å². The van der Waals surface area contributed by atoms with Crippen molar-refractivity contribution >= 4 is 21.2 Å². The van der Waals surface area contributed by atoms with Crippen LogP contribution in [0.3, 0.4) is 0 Å². The van der Waals surface area contributed by atoms with E-state index in [2.05, 4.69) is 32.2 Å². The van der Waals surface area contributed by atoms with Crippen LogP contribution < -0.4 is 4.90 Å². The Balaban J connectivity index is 1.48. The molecule has 1 fully saturated rings. The largest absolute Gasteiger partial charge is 0.369 e. The van der Waals surface area contributed by atoms with Gasteiger partial charge in [-0.1, -0.05) is 31.0 Å². The highest BCUT2D eigenvalue weighted by Gasteiger charge is 2.30. The van der Waals surface area contributed by atoms with Crippen molar-refractivity contribution in [3.05, 3.63) is 70.0 Å². The fraction of sp³-hybridized carbons (Fsp3) is 0.435. The van der Waals surface area contributed by atoms with Crippen LogP contribution in [-0.4, -0.2) is 64.6 Å². The summed E-state index contributed by atoms with van der Waals surface area (Å²) in [5, 5.41) is 23.0. The van der Waals surface area contributed by atoms with Gasteiger partial charge < -0.3 is 4.90 Å². The number of non-ortho nitro benzene ring substituents is 1. The molecule has 2 heterocycles. The number of sulfone groups is 1. The molecule has 2 aromatic carbocycles. The van der Waals surface area contributed by atoms with E-state index < -0.39 is 14.8 Å². The smallest absolute Gasteiger partial charge is 0.269 e. The Morgan fingerprint density at radius 1 is 1.03 bits per heavy atom. The number of nitro groups is 1. The first-order chi connectivity index (χ1) is 16.8. The second-order valence-electron chi connectivity index (χ2n) is 8.69. The predicted octanol–water partition coefficient (Wildman–Crippen LogP) is 2.98. The fourth-order valence-electron chi connectivity index (χ4n) is 4.35. The maximum absolute atomic E-state index is 13.0. The van der Waals surface area contributed by atoms with Crippen LogP contribution in [-0.2, 0) is 15.7 Å². The molecule has 0 radical (unpaired) electrons. The summed E-state index contributed by atoms with van der Waals surface area (Å²) < 4.78 is 27.4. The molecule has 1 saturated heterocycles. The molecule has 0 aliphatic carbocycles. The summed E-state index contributed by atoms with van der Waals surface area (Å²) in [4.78, 5) is 15.2. The molecule has 1 aliphatic heterocycles. The van der Waals surface area contributed by atoms with Crippen molar-refractivity contribution in [3.63, 3.8) is 0 Å². The summed E-state index contributed by atoms with van der Waals surface area (Å²) in [6.45, 7) is 6.94. The predicted molar refractivity (Wildman–Crippen MR) is 131 cm³/mol. The Morgan fingerprint density at radius 2 is 1.69 bits per heavy atom. The number of nitro benzene ring substituents is 1. The zero-order valence-corrected chi connectivity index (χ0v) is 20.6. The van der Waals surface area contributed by atoms with Crippen LogP contribution in [0.25, 0.3) is 0 Å². The number of aromatic nitrogens is 4. The minimum absolute atomic E-state index is 0.0721. The maximum Gasteiger partial charge on any atom is 0.269 e. The van der Waals surface area contributed by atoms with Gasteiger partial charge in [0.15, 0.2) is 21.5 Å². The molecule has 11 nitrogen and oxygen atoms in total. The molecule has 4 rings (SSSR count). The third kappa shape index (κ3) is 5.65. The van der Waals surface area contributed by atoms with Crippen LogP contribution in [0.1, 0.15) is 37.2 Å². The summed E-state index contributed by atoms with van der Waals surface area (Å²) in [6.07, 6.45) is 1.69. The summed E-state index contributed by atoms with van der Waals surface area (Å²) in [6, 6.07) is 13.2. The van der Waals surface area contributed by atoms with E-state index in [4.69, 9.17) is 0 Å². The van der Waals surface area contributed by atoms with Crippen LogP contribution in [0, 0.1) is 17.0 Å². The van der Waals surface area contributed by atoms with Crippen molar-refractivity contribution in [1.29, 1.82) is 0 Å². The topological polar surface area (TPSA) is 127 Å². The molecule has 0 N–H and O–H groups in total. The number of nitrogens with zero attached hydrogens (tertiary/aromatic N) is 7. The lowest BCUT2D eigenvalue weighted by Crippen LogP contribution is -2.48. The molecule has 35 heavy (non-hydrogen) atoms. The molecule has 1 aromatic heterocycles. The van der Waals surface area contributed by atoms with Gasteiger partial charge in [-0.3, -0.25) is 15.0 Å². The van der Waals surface area contributed by atoms with Crippen molar-refractivity contribution in [2.45, 2.75) is 43.5 Å². The second kappa shape index (κ2) is 10.5. The number of rotatable bonds is 9. The Kier molecular flexibility index (Phi) is 7.41. The number of tetrazole rings is 1. The first-order valence-corrected chi connectivity index (χ1v) is 13.2. The molecule has 1 aliphatic rings. The number of hydrogen-bond donors (Lipinski definition) is 0. The summed E-state index contributed by atoms with van der Waals surface area (Å²) in [5.74, 6) is 0.229. The van der Waals surface area contributed by atoms with E-state index in [1.165, 1.54) is 16.8 Å². The quantitative estimate of drug-likeness (QED) is 0.322. The van der Waals surface area contributed by atoms with Crippen molar-refractivity contribution in [2.24, 2.45) is 0 Å². The number of benzene rings is 2. The minimum atomic E-state index is -3.61. The van der Waals surface area contributed by atoms with Gasteiger partial charge in [-0.2, -0.15) is 0 Å². The summed E-state index contributed by atoms with van der Waals surface area (Å²) in [5.41, 5.74) is 2.00. The molecule has 0 spiro atoms. The van der Waals surface area contributed by atoms with Crippen molar-refractivity contribution in [1.82, 2.24) is 25.1 Å². The van der Waals surface area contributed by atoms with Gasteiger partial charge in [-0.05, 0) is 48.0 Å². The second-order valence-corrected chi connectivity index (χ2v) is 10.7. The van der Waals surface area contributed by atoms with Crippen LogP contribution in [0.5, 0.6) is 0 Å².